The first-order valence-corrected chi connectivity index (χ1v) is 7.87. The number of benzene rings is 1. The predicted molar refractivity (Wildman–Crippen MR) is 85.9 cm³/mol. The van der Waals surface area contributed by atoms with E-state index in [9.17, 15) is 9.90 Å². The van der Waals surface area contributed by atoms with Crippen LogP contribution in [0.15, 0.2) is 24.3 Å². The van der Waals surface area contributed by atoms with Crippen LogP contribution in [0.25, 0.3) is 0 Å². The first-order chi connectivity index (χ1) is 11.1. The normalized spacial score (nSPS) is 17.3. The fourth-order valence-electron chi connectivity index (χ4n) is 2.75. The van der Waals surface area contributed by atoms with Gasteiger partial charge in [-0.05, 0) is 50.2 Å². The Hall–Kier alpha value is -2.10. The molecule has 23 heavy (non-hydrogen) atoms. The van der Waals surface area contributed by atoms with E-state index in [-0.39, 0.29) is 18.4 Å². The molecule has 1 aliphatic rings. The lowest BCUT2D eigenvalue weighted by Crippen LogP contribution is -2.43. The maximum absolute atomic E-state index is 11.6. The first-order valence-electron chi connectivity index (χ1n) is 7.87. The summed E-state index contributed by atoms with van der Waals surface area (Å²) in [6.45, 7) is 2.37. The molecule has 1 fully saturated rings. The van der Waals surface area contributed by atoms with Crippen LogP contribution in [0.1, 0.15) is 18.4 Å². The minimum absolute atomic E-state index is 0.0864. The monoisotopic (exact) mass is 317 g/mol. The third-order valence-electron chi connectivity index (χ3n) is 4.10. The third kappa shape index (κ3) is 5.23. The van der Waals surface area contributed by atoms with E-state index in [1.807, 2.05) is 6.07 Å². The number of β-amino-alcohol motifs (C(OH)–C–C–N with tert-alkyl or cyclic N) is 1. The number of hydrogen-bond donors (Lipinski definition) is 2. The summed E-state index contributed by atoms with van der Waals surface area (Å²) in [5.74, 6) is 0.832. The van der Waals surface area contributed by atoms with Crippen LogP contribution < -0.4 is 10.1 Å². The molecule has 1 amide bonds. The Bertz CT molecular complexity index is 545. The number of likely N-dealkylation sites (tertiary alicyclic amines) is 1. The Morgan fingerprint density at radius 3 is 2.65 bits per heavy atom. The molecule has 124 valence electrons. The van der Waals surface area contributed by atoms with Crippen molar-refractivity contribution in [3.8, 4) is 11.8 Å². The summed E-state index contributed by atoms with van der Waals surface area (Å²) in [6, 6.07) is 8.87. The van der Waals surface area contributed by atoms with Crippen LogP contribution in [0.2, 0.25) is 0 Å². The van der Waals surface area contributed by atoms with Crippen molar-refractivity contribution in [3.05, 3.63) is 29.8 Å². The Balaban J connectivity index is 1.70. The van der Waals surface area contributed by atoms with Crippen molar-refractivity contribution in [1.29, 1.82) is 5.26 Å². The molecule has 0 unspecified atom stereocenters. The van der Waals surface area contributed by atoms with E-state index in [2.05, 4.69) is 10.2 Å². The summed E-state index contributed by atoms with van der Waals surface area (Å²) < 4.78 is 5.54. The van der Waals surface area contributed by atoms with Gasteiger partial charge in [-0.3, -0.25) is 4.79 Å². The number of amides is 1. The lowest BCUT2D eigenvalue weighted by molar-refractivity contribution is -0.126. The van der Waals surface area contributed by atoms with E-state index in [4.69, 9.17) is 10.00 Å². The van der Waals surface area contributed by atoms with Crippen molar-refractivity contribution in [2.24, 2.45) is 5.92 Å². The molecule has 1 aromatic rings. The Labute approximate surface area is 136 Å². The van der Waals surface area contributed by atoms with Gasteiger partial charge in [-0.15, -0.1) is 0 Å². The molecule has 6 heteroatoms. The lowest BCUT2D eigenvalue weighted by atomic mass is 9.96. The fourth-order valence-corrected chi connectivity index (χ4v) is 2.75. The molecule has 0 bridgehead atoms. The molecule has 0 spiro atoms. The Morgan fingerprint density at radius 1 is 1.43 bits per heavy atom. The SMILES string of the molecule is CNC(=O)C1CCN(C[C@H](O)COc2ccc(C#N)cc2)CC1. The quantitative estimate of drug-likeness (QED) is 0.809. The topological polar surface area (TPSA) is 85.6 Å². The van der Waals surface area contributed by atoms with Gasteiger partial charge in [0.05, 0.1) is 11.6 Å². The van der Waals surface area contributed by atoms with Crippen LogP contribution >= 0.6 is 0 Å². The number of ether oxygens (including phenoxy) is 1. The standard InChI is InChI=1S/C17H23N3O3/c1-19-17(22)14-6-8-20(9-7-14)11-15(21)12-23-16-4-2-13(10-18)3-5-16/h2-5,14-15,21H,6-9,11-12H2,1H3,(H,19,22)/t15-/m0/s1. The van der Waals surface area contributed by atoms with Crippen LogP contribution in [-0.4, -0.2) is 55.3 Å². The number of nitriles is 1. The highest BCUT2D eigenvalue weighted by Crippen LogP contribution is 2.17. The Kier molecular flexibility index (Phi) is 6.39. The van der Waals surface area contributed by atoms with E-state index in [0.717, 1.165) is 25.9 Å². The Morgan fingerprint density at radius 2 is 2.09 bits per heavy atom. The average molecular weight is 317 g/mol. The zero-order chi connectivity index (χ0) is 16.7. The summed E-state index contributed by atoms with van der Waals surface area (Å²) in [7, 11) is 1.67. The zero-order valence-electron chi connectivity index (χ0n) is 13.4. The highest BCUT2D eigenvalue weighted by molar-refractivity contribution is 5.78. The van der Waals surface area contributed by atoms with Gasteiger partial charge in [-0.25, -0.2) is 0 Å². The highest BCUT2D eigenvalue weighted by Gasteiger charge is 2.25. The molecule has 2 rings (SSSR count). The minimum atomic E-state index is -0.581. The van der Waals surface area contributed by atoms with Crippen LogP contribution in [0, 0.1) is 17.2 Å². The summed E-state index contributed by atoms with van der Waals surface area (Å²) in [5, 5.41) is 21.5. The second-order valence-electron chi connectivity index (χ2n) is 5.79. The smallest absolute Gasteiger partial charge is 0.222 e. The van der Waals surface area contributed by atoms with Crippen molar-refractivity contribution in [3.63, 3.8) is 0 Å². The maximum atomic E-state index is 11.6. The predicted octanol–water partition coefficient (Wildman–Crippen LogP) is 0.756. The molecule has 1 aromatic carbocycles. The molecule has 6 nitrogen and oxygen atoms in total. The van der Waals surface area contributed by atoms with Gasteiger partial charge in [0.25, 0.3) is 0 Å². The van der Waals surface area contributed by atoms with Gasteiger partial charge in [0.2, 0.25) is 5.91 Å². The van der Waals surface area contributed by atoms with Crippen molar-refractivity contribution in [1.82, 2.24) is 10.2 Å². The van der Waals surface area contributed by atoms with Crippen LogP contribution in [0.5, 0.6) is 5.75 Å². The molecule has 0 aliphatic carbocycles. The van der Waals surface area contributed by atoms with Gasteiger partial charge in [-0.2, -0.15) is 5.26 Å². The minimum Gasteiger partial charge on any atom is -0.491 e. The summed E-state index contributed by atoms with van der Waals surface area (Å²) >= 11 is 0. The largest absolute Gasteiger partial charge is 0.491 e. The molecule has 0 radical (unpaired) electrons. The summed E-state index contributed by atoms with van der Waals surface area (Å²) in [4.78, 5) is 13.7. The van der Waals surface area contributed by atoms with Gasteiger partial charge in [0.15, 0.2) is 0 Å². The van der Waals surface area contributed by atoms with E-state index in [0.29, 0.717) is 17.9 Å². The highest BCUT2D eigenvalue weighted by atomic mass is 16.5. The molecular weight excluding hydrogens is 294 g/mol. The number of nitrogens with one attached hydrogen (secondary N) is 1. The number of aliphatic hydroxyl groups excluding tert-OH is 1. The molecule has 1 saturated heterocycles. The van der Waals surface area contributed by atoms with Gasteiger partial charge < -0.3 is 20.1 Å². The van der Waals surface area contributed by atoms with Gasteiger partial charge in [-0.1, -0.05) is 0 Å². The number of carbonyl (C=O) groups excluding carboxylic acids is 1. The van der Waals surface area contributed by atoms with Gasteiger partial charge in [0.1, 0.15) is 18.5 Å². The number of carbonyl (C=O) groups is 1. The average Bonchev–Trinajstić information content (AvgIpc) is 2.60. The fraction of sp³-hybridized carbons (Fsp3) is 0.529. The molecule has 0 saturated carbocycles. The van der Waals surface area contributed by atoms with Crippen LogP contribution in [0.4, 0.5) is 0 Å². The number of aliphatic hydroxyl groups is 1. The van der Waals surface area contributed by atoms with Crippen LogP contribution in [-0.2, 0) is 4.79 Å². The second kappa shape index (κ2) is 8.51. The zero-order valence-corrected chi connectivity index (χ0v) is 13.4. The molecule has 0 aromatic heterocycles. The molecule has 1 aliphatic heterocycles. The lowest BCUT2D eigenvalue weighted by Gasteiger charge is -2.32. The maximum Gasteiger partial charge on any atom is 0.222 e. The second-order valence-corrected chi connectivity index (χ2v) is 5.79. The van der Waals surface area contributed by atoms with Gasteiger partial charge >= 0.3 is 0 Å². The number of piperidine rings is 1. The van der Waals surface area contributed by atoms with E-state index in [1.165, 1.54) is 0 Å². The summed E-state index contributed by atoms with van der Waals surface area (Å²) in [6.07, 6.45) is 1.06. The van der Waals surface area contributed by atoms with E-state index < -0.39 is 6.10 Å². The first kappa shape index (κ1) is 17.3. The van der Waals surface area contributed by atoms with Crippen LogP contribution in [0.3, 0.4) is 0 Å². The number of hydrogen-bond acceptors (Lipinski definition) is 5. The van der Waals surface area contributed by atoms with Crippen molar-refractivity contribution in [2.75, 3.05) is 33.3 Å². The third-order valence-corrected chi connectivity index (χ3v) is 4.10. The molecule has 1 heterocycles. The van der Waals surface area contributed by atoms with Crippen molar-refractivity contribution < 1.29 is 14.6 Å². The van der Waals surface area contributed by atoms with Crippen molar-refractivity contribution >= 4 is 5.91 Å². The van der Waals surface area contributed by atoms with E-state index in [1.54, 1.807) is 31.3 Å². The molecule has 1 atom stereocenters. The van der Waals surface area contributed by atoms with E-state index >= 15 is 0 Å². The molecule has 2 N–H and O–H groups in total. The number of nitrogens with zero attached hydrogens (tertiary/aromatic N) is 2. The summed E-state index contributed by atoms with van der Waals surface area (Å²) in [5.41, 5.74) is 0.580. The van der Waals surface area contributed by atoms with Crippen molar-refractivity contribution in [2.45, 2.75) is 18.9 Å². The number of rotatable bonds is 6. The van der Waals surface area contributed by atoms with Gasteiger partial charge in [0, 0.05) is 19.5 Å². The molecular formula is C17H23N3O3.